The highest BCUT2D eigenvalue weighted by Gasteiger charge is 2.36. The third-order valence-electron chi connectivity index (χ3n) is 2.23. The van der Waals surface area contributed by atoms with Crippen molar-refractivity contribution in [3.63, 3.8) is 0 Å². The smallest absolute Gasteiger partial charge is 0.233 e. The molecule has 0 unspecified atom stereocenters. The number of nitrogens with zero attached hydrogens (tertiary/aromatic N) is 1. The van der Waals surface area contributed by atoms with Gasteiger partial charge in [-0.2, -0.15) is 0 Å². The number of hydrogen-bond donors (Lipinski definition) is 3. The van der Waals surface area contributed by atoms with Crippen molar-refractivity contribution in [2.45, 2.75) is 32.7 Å². The molecule has 1 saturated carbocycles. The first-order valence-corrected chi connectivity index (χ1v) is 4.27. The van der Waals surface area contributed by atoms with E-state index in [2.05, 4.69) is 10.5 Å². The Hall–Kier alpha value is -1.26. The summed E-state index contributed by atoms with van der Waals surface area (Å²) in [7, 11) is 0. The predicted molar refractivity (Wildman–Crippen MR) is 48.4 cm³/mol. The quantitative estimate of drug-likeness (QED) is 0.251. The molecule has 0 bridgehead atoms. The highest BCUT2D eigenvalue weighted by atomic mass is 16.4. The Morgan fingerprint density at radius 3 is 2.54 bits per heavy atom. The highest BCUT2D eigenvalue weighted by molar-refractivity contribution is 6.06. The first kappa shape index (κ1) is 9.83. The Morgan fingerprint density at radius 2 is 2.15 bits per heavy atom. The molecule has 0 heterocycles. The molecule has 4 N–H and O–H groups in total. The Bertz CT molecular complexity index is 244. The normalized spacial score (nSPS) is 18.5. The van der Waals surface area contributed by atoms with E-state index in [0.717, 1.165) is 12.8 Å². The monoisotopic (exact) mass is 185 g/mol. The summed E-state index contributed by atoms with van der Waals surface area (Å²) in [4.78, 5) is 11.5. The first-order valence-electron chi connectivity index (χ1n) is 4.27. The van der Waals surface area contributed by atoms with Gasteiger partial charge in [0.2, 0.25) is 5.91 Å². The number of hydrogen-bond acceptors (Lipinski definition) is 3. The van der Waals surface area contributed by atoms with Gasteiger partial charge in [0.05, 0.1) is 0 Å². The SMILES string of the molecule is CC(C)(C(=O)NC1CC1)C(N)=NO. The largest absolute Gasteiger partial charge is 0.409 e. The molecule has 1 aliphatic carbocycles. The zero-order valence-electron chi connectivity index (χ0n) is 7.87. The van der Waals surface area contributed by atoms with Crippen molar-refractivity contribution >= 4 is 11.7 Å². The van der Waals surface area contributed by atoms with Crippen LogP contribution in [0.25, 0.3) is 0 Å². The van der Waals surface area contributed by atoms with Crippen LogP contribution in [0.15, 0.2) is 5.16 Å². The van der Waals surface area contributed by atoms with Gasteiger partial charge in [-0.15, -0.1) is 0 Å². The topological polar surface area (TPSA) is 87.7 Å². The van der Waals surface area contributed by atoms with Crippen LogP contribution in [0.1, 0.15) is 26.7 Å². The lowest BCUT2D eigenvalue weighted by atomic mass is 9.91. The summed E-state index contributed by atoms with van der Waals surface area (Å²) in [6.07, 6.45) is 2.05. The van der Waals surface area contributed by atoms with E-state index < -0.39 is 5.41 Å². The van der Waals surface area contributed by atoms with Gasteiger partial charge in [-0.05, 0) is 26.7 Å². The number of rotatable bonds is 3. The van der Waals surface area contributed by atoms with Crippen LogP contribution in [0.2, 0.25) is 0 Å². The van der Waals surface area contributed by atoms with Gasteiger partial charge in [-0.1, -0.05) is 5.16 Å². The standard InChI is InChI=1S/C8H15N3O2/c1-8(2,6(9)11-13)7(12)10-5-3-4-5/h5,13H,3-4H2,1-2H3,(H2,9,11)(H,10,12). The lowest BCUT2D eigenvalue weighted by Gasteiger charge is -2.21. The minimum absolute atomic E-state index is 0.0642. The molecule has 0 spiro atoms. The maximum Gasteiger partial charge on any atom is 0.233 e. The number of oxime groups is 1. The molecule has 5 nitrogen and oxygen atoms in total. The van der Waals surface area contributed by atoms with E-state index in [0.29, 0.717) is 6.04 Å². The molecule has 5 heteroatoms. The number of carbonyl (C=O) groups excluding carboxylic acids is 1. The summed E-state index contributed by atoms with van der Waals surface area (Å²) >= 11 is 0. The Kier molecular flexibility index (Phi) is 2.45. The fraction of sp³-hybridized carbons (Fsp3) is 0.750. The van der Waals surface area contributed by atoms with Gasteiger partial charge in [0.25, 0.3) is 0 Å². The minimum atomic E-state index is -0.933. The van der Waals surface area contributed by atoms with E-state index in [1.807, 2.05) is 0 Å². The summed E-state index contributed by atoms with van der Waals surface area (Å²) in [5.41, 5.74) is 4.45. The summed E-state index contributed by atoms with van der Waals surface area (Å²) < 4.78 is 0. The van der Waals surface area contributed by atoms with Crippen molar-refractivity contribution in [1.29, 1.82) is 0 Å². The first-order chi connectivity index (χ1) is 5.98. The maximum absolute atomic E-state index is 11.5. The second kappa shape index (κ2) is 3.24. The van der Waals surface area contributed by atoms with Gasteiger partial charge in [0.1, 0.15) is 5.41 Å². The number of amidine groups is 1. The zero-order chi connectivity index (χ0) is 10.1. The summed E-state index contributed by atoms with van der Waals surface area (Å²) in [5.74, 6) is -0.254. The van der Waals surface area contributed by atoms with Crippen molar-refractivity contribution in [2.24, 2.45) is 16.3 Å². The Morgan fingerprint density at radius 1 is 1.62 bits per heavy atom. The van der Waals surface area contributed by atoms with E-state index in [1.54, 1.807) is 13.8 Å². The molecule has 1 rings (SSSR count). The molecule has 0 saturated heterocycles. The van der Waals surface area contributed by atoms with Crippen LogP contribution in [0, 0.1) is 5.41 Å². The molecule has 1 amide bonds. The fourth-order valence-corrected chi connectivity index (χ4v) is 0.835. The van der Waals surface area contributed by atoms with E-state index in [4.69, 9.17) is 10.9 Å². The van der Waals surface area contributed by atoms with Crippen molar-refractivity contribution in [1.82, 2.24) is 5.32 Å². The maximum atomic E-state index is 11.5. The van der Waals surface area contributed by atoms with Crippen molar-refractivity contribution < 1.29 is 10.0 Å². The van der Waals surface area contributed by atoms with Crippen LogP contribution < -0.4 is 11.1 Å². The lowest BCUT2D eigenvalue weighted by Crippen LogP contribution is -2.46. The van der Waals surface area contributed by atoms with Crippen LogP contribution in [0.5, 0.6) is 0 Å². The van der Waals surface area contributed by atoms with Gasteiger partial charge in [0, 0.05) is 6.04 Å². The molecule has 0 radical (unpaired) electrons. The average Bonchev–Trinajstić information content (AvgIpc) is 2.86. The molecule has 1 fully saturated rings. The molecule has 0 aromatic heterocycles. The molecule has 0 aliphatic heterocycles. The number of nitrogens with two attached hydrogens (primary N) is 1. The molecule has 0 aromatic rings. The lowest BCUT2D eigenvalue weighted by molar-refractivity contribution is -0.126. The van der Waals surface area contributed by atoms with E-state index in [1.165, 1.54) is 0 Å². The van der Waals surface area contributed by atoms with E-state index in [-0.39, 0.29) is 11.7 Å². The van der Waals surface area contributed by atoms with Gasteiger partial charge in [-0.3, -0.25) is 4.79 Å². The Labute approximate surface area is 77.0 Å². The van der Waals surface area contributed by atoms with Crippen LogP contribution in [-0.2, 0) is 4.79 Å². The molecule has 74 valence electrons. The van der Waals surface area contributed by atoms with Crippen molar-refractivity contribution in [3.05, 3.63) is 0 Å². The van der Waals surface area contributed by atoms with Gasteiger partial charge in [-0.25, -0.2) is 0 Å². The summed E-state index contributed by atoms with van der Waals surface area (Å²) in [5, 5.41) is 14.1. The minimum Gasteiger partial charge on any atom is -0.409 e. The summed E-state index contributed by atoms with van der Waals surface area (Å²) in [6.45, 7) is 3.25. The average molecular weight is 185 g/mol. The summed E-state index contributed by atoms with van der Waals surface area (Å²) in [6, 6.07) is 0.290. The molecular weight excluding hydrogens is 170 g/mol. The van der Waals surface area contributed by atoms with Gasteiger partial charge >= 0.3 is 0 Å². The molecule has 1 aliphatic rings. The van der Waals surface area contributed by atoms with Crippen LogP contribution in [0.3, 0.4) is 0 Å². The second-order valence-electron chi connectivity index (χ2n) is 3.86. The van der Waals surface area contributed by atoms with Crippen LogP contribution in [-0.4, -0.2) is 23.0 Å². The van der Waals surface area contributed by atoms with Crippen molar-refractivity contribution in [2.75, 3.05) is 0 Å². The predicted octanol–water partition coefficient (Wildman–Crippen LogP) is 0.0376. The fourth-order valence-electron chi connectivity index (χ4n) is 0.835. The molecule has 0 atom stereocenters. The third-order valence-corrected chi connectivity index (χ3v) is 2.23. The number of carbonyl (C=O) groups is 1. The van der Waals surface area contributed by atoms with Crippen LogP contribution in [0.4, 0.5) is 0 Å². The molecular formula is C8H15N3O2. The van der Waals surface area contributed by atoms with Gasteiger partial charge in [0.15, 0.2) is 5.84 Å². The second-order valence-corrected chi connectivity index (χ2v) is 3.86. The Balaban J connectivity index is 2.60. The van der Waals surface area contributed by atoms with Crippen molar-refractivity contribution in [3.8, 4) is 0 Å². The highest BCUT2D eigenvalue weighted by Crippen LogP contribution is 2.22. The van der Waals surface area contributed by atoms with E-state index in [9.17, 15) is 4.79 Å². The molecule has 0 aromatic carbocycles. The van der Waals surface area contributed by atoms with Gasteiger partial charge < -0.3 is 16.3 Å². The zero-order valence-corrected chi connectivity index (χ0v) is 7.87. The third kappa shape index (κ3) is 2.11. The van der Waals surface area contributed by atoms with Crippen LogP contribution >= 0.6 is 0 Å². The molecule has 13 heavy (non-hydrogen) atoms. The van der Waals surface area contributed by atoms with E-state index >= 15 is 0 Å². The number of amides is 1. The number of nitrogens with one attached hydrogen (secondary N) is 1.